The van der Waals surface area contributed by atoms with E-state index in [9.17, 15) is 4.39 Å². The second-order valence-electron chi connectivity index (χ2n) is 4.81. The van der Waals surface area contributed by atoms with Crippen LogP contribution in [0, 0.1) is 17.1 Å². The number of hydrogen-bond donors (Lipinski definition) is 1. The molecule has 0 aliphatic carbocycles. The first-order valence-corrected chi connectivity index (χ1v) is 7.24. The highest BCUT2D eigenvalue weighted by molar-refractivity contribution is 6.30. The number of nitriles is 1. The lowest BCUT2D eigenvalue weighted by Gasteiger charge is -2.21. The molecule has 1 unspecified atom stereocenters. The molecule has 2 aromatic rings. The van der Waals surface area contributed by atoms with Crippen LogP contribution in [0.4, 0.5) is 10.1 Å². The van der Waals surface area contributed by atoms with Gasteiger partial charge in [-0.15, -0.1) is 0 Å². The number of halogens is 2. The van der Waals surface area contributed by atoms with Crippen LogP contribution >= 0.6 is 11.6 Å². The lowest BCUT2D eigenvalue weighted by Crippen LogP contribution is -2.12. The summed E-state index contributed by atoms with van der Waals surface area (Å²) in [6, 6.07) is 14.1. The zero-order valence-electron chi connectivity index (χ0n) is 11.7. The minimum absolute atomic E-state index is 0.0150. The second-order valence-corrected chi connectivity index (χ2v) is 5.25. The molecule has 0 radical (unpaired) electrons. The third kappa shape index (κ3) is 3.74. The number of rotatable bonds is 5. The molecule has 0 bridgehead atoms. The highest BCUT2D eigenvalue weighted by Crippen LogP contribution is 2.27. The SMILES string of the molecule is CCCC(Nc1cccc(F)c1C#N)c1ccc(Cl)cc1. The van der Waals surface area contributed by atoms with Gasteiger partial charge in [-0.05, 0) is 36.2 Å². The Morgan fingerprint density at radius 3 is 2.57 bits per heavy atom. The van der Waals surface area contributed by atoms with Crippen molar-refractivity contribution in [2.45, 2.75) is 25.8 Å². The van der Waals surface area contributed by atoms with Gasteiger partial charge in [-0.25, -0.2) is 4.39 Å². The predicted octanol–water partition coefficient (Wildman–Crippen LogP) is 5.30. The summed E-state index contributed by atoms with van der Waals surface area (Å²) in [5.74, 6) is -0.506. The van der Waals surface area contributed by atoms with Crippen molar-refractivity contribution >= 4 is 17.3 Å². The normalized spacial score (nSPS) is 11.7. The summed E-state index contributed by atoms with van der Waals surface area (Å²) < 4.78 is 13.7. The predicted molar refractivity (Wildman–Crippen MR) is 83.8 cm³/mol. The van der Waals surface area contributed by atoms with E-state index in [1.165, 1.54) is 6.07 Å². The van der Waals surface area contributed by atoms with Gasteiger partial charge in [0.25, 0.3) is 0 Å². The van der Waals surface area contributed by atoms with Crippen LogP contribution in [0.3, 0.4) is 0 Å². The Morgan fingerprint density at radius 1 is 1.24 bits per heavy atom. The summed E-state index contributed by atoms with van der Waals surface area (Å²) in [5.41, 5.74) is 1.63. The molecule has 21 heavy (non-hydrogen) atoms. The quantitative estimate of drug-likeness (QED) is 0.813. The smallest absolute Gasteiger partial charge is 0.143 e. The summed E-state index contributed by atoms with van der Waals surface area (Å²) in [4.78, 5) is 0. The van der Waals surface area contributed by atoms with Gasteiger partial charge in [0.2, 0.25) is 0 Å². The van der Waals surface area contributed by atoms with Crippen LogP contribution in [0.5, 0.6) is 0 Å². The lowest BCUT2D eigenvalue weighted by molar-refractivity contribution is 0.622. The Balaban J connectivity index is 2.31. The second kappa shape index (κ2) is 7.10. The number of hydrogen-bond acceptors (Lipinski definition) is 2. The number of anilines is 1. The lowest BCUT2D eigenvalue weighted by atomic mass is 10.0. The largest absolute Gasteiger partial charge is 0.377 e. The zero-order chi connectivity index (χ0) is 15.2. The summed E-state index contributed by atoms with van der Waals surface area (Å²) >= 11 is 5.91. The first kappa shape index (κ1) is 15.3. The van der Waals surface area contributed by atoms with E-state index in [0.29, 0.717) is 10.7 Å². The van der Waals surface area contributed by atoms with E-state index in [2.05, 4.69) is 12.2 Å². The fourth-order valence-corrected chi connectivity index (χ4v) is 2.38. The van der Waals surface area contributed by atoms with Gasteiger partial charge in [0.15, 0.2) is 0 Å². The summed E-state index contributed by atoms with van der Waals surface area (Å²) in [6.45, 7) is 2.08. The molecule has 2 nitrogen and oxygen atoms in total. The van der Waals surface area contributed by atoms with Crippen molar-refractivity contribution in [1.82, 2.24) is 0 Å². The molecule has 2 rings (SSSR count). The summed E-state index contributed by atoms with van der Waals surface area (Å²) in [6.07, 6.45) is 1.85. The maximum absolute atomic E-state index is 13.7. The van der Waals surface area contributed by atoms with Crippen LogP contribution in [-0.4, -0.2) is 0 Å². The topological polar surface area (TPSA) is 35.8 Å². The maximum Gasteiger partial charge on any atom is 0.143 e. The van der Waals surface area contributed by atoms with Crippen molar-refractivity contribution in [3.8, 4) is 6.07 Å². The molecular formula is C17H16ClFN2. The van der Waals surface area contributed by atoms with Crippen LogP contribution in [0.25, 0.3) is 0 Å². The molecule has 0 spiro atoms. The molecule has 0 aliphatic rings. The van der Waals surface area contributed by atoms with E-state index in [4.69, 9.17) is 16.9 Å². The minimum atomic E-state index is -0.506. The molecule has 0 aromatic heterocycles. The molecule has 0 saturated heterocycles. The number of nitrogens with zero attached hydrogens (tertiary/aromatic N) is 1. The average molecular weight is 303 g/mol. The molecule has 2 aromatic carbocycles. The zero-order valence-corrected chi connectivity index (χ0v) is 12.5. The summed E-state index contributed by atoms with van der Waals surface area (Å²) in [7, 11) is 0. The molecule has 4 heteroatoms. The highest BCUT2D eigenvalue weighted by atomic mass is 35.5. The molecule has 0 fully saturated rings. The fraction of sp³-hybridized carbons (Fsp3) is 0.235. The third-order valence-corrected chi connectivity index (χ3v) is 3.56. The van der Waals surface area contributed by atoms with E-state index >= 15 is 0 Å². The van der Waals surface area contributed by atoms with E-state index in [0.717, 1.165) is 18.4 Å². The van der Waals surface area contributed by atoms with E-state index in [-0.39, 0.29) is 11.6 Å². The molecular weight excluding hydrogens is 287 g/mol. The minimum Gasteiger partial charge on any atom is -0.377 e. The van der Waals surface area contributed by atoms with E-state index in [1.54, 1.807) is 12.1 Å². The molecule has 1 atom stereocenters. The molecule has 0 aliphatic heterocycles. The van der Waals surface area contributed by atoms with E-state index < -0.39 is 5.82 Å². The first-order chi connectivity index (χ1) is 10.2. The average Bonchev–Trinajstić information content (AvgIpc) is 2.48. The van der Waals surface area contributed by atoms with Crippen LogP contribution in [-0.2, 0) is 0 Å². The van der Waals surface area contributed by atoms with Crippen molar-refractivity contribution in [1.29, 1.82) is 5.26 Å². The Kier molecular flexibility index (Phi) is 5.19. The van der Waals surface area contributed by atoms with Crippen LogP contribution in [0.2, 0.25) is 5.02 Å². The van der Waals surface area contributed by atoms with Gasteiger partial charge in [-0.2, -0.15) is 5.26 Å². The van der Waals surface area contributed by atoms with Gasteiger partial charge in [-0.1, -0.05) is 43.1 Å². The molecule has 108 valence electrons. The van der Waals surface area contributed by atoms with Gasteiger partial charge >= 0.3 is 0 Å². The Hall–Kier alpha value is -2.05. The van der Waals surface area contributed by atoms with E-state index in [1.807, 2.05) is 30.3 Å². The van der Waals surface area contributed by atoms with Crippen molar-refractivity contribution in [3.63, 3.8) is 0 Å². The Labute approximate surface area is 129 Å². The Bertz CT molecular complexity index is 647. The first-order valence-electron chi connectivity index (χ1n) is 6.86. The molecule has 1 N–H and O–H groups in total. The Morgan fingerprint density at radius 2 is 1.95 bits per heavy atom. The maximum atomic E-state index is 13.7. The van der Waals surface area contributed by atoms with Gasteiger partial charge in [0.1, 0.15) is 17.4 Å². The fourth-order valence-electron chi connectivity index (χ4n) is 2.25. The van der Waals surface area contributed by atoms with Crippen molar-refractivity contribution < 1.29 is 4.39 Å². The van der Waals surface area contributed by atoms with Gasteiger partial charge < -0.3 is 5.32 Å². The van der Waals surface area contributed by atoms with Gasteiger partial charge in [0.05, 0.1) is 11.7 Å². The highest BCUT2D eigenvalue weighted by Gasteiger charge is 2.14. The third-order valence-electron chi connectivity index (χ3n) is 3.30. The molecule has 0 saturated carbocycles. The number of benzene rings is 2. The summed E-state index contributed by atoms with van der Waals surface area (Å²) in [5, 5.41) is 13.1. The van der Waals surface area contributed by atoms with Gasteiger partial charge in [0, 0.05) is 5.02 Å². The standard InChI is InChI=1S/C17H16ClFN2/c1-2-4-16(12-7-9-13(18)10-8-12)21-17-6-3-5-15(19)14(17)11-20/h3,5-10,16,21H,2,4H2,1H3. The van der Waals surface area contributed by atoms with Crippen LogP contribution in [0.15, 0.2) is 42.5 Å². The van der Waals surface area contributed by atoms with Crippen molar-refractivity contribution in [2.24, 2.45) is 0 Å². The molecule has 0 heterocycles. The monoisotopic (exact) mass is 302 g/mol. The number of nitrogens with one attached hydrogen (secondary N) is 1. The van der Waals surface area contributed by atoms with Crippen LogP contribution in [0.1, 0.15) is 36.9 Å². The van der Waals surface area contributed by atoms with Crippen molar-refractivity contribution in [2.75, 3.05) is 5.32 Å². The molecule has 0 amide bonds. The van der Waals surface area contributed by atoms with Crippen molar-refractivity contribution in [3.05, 3.63) is 64.4 Å². The van der Waals surface area contributed by atoms with Gasteiger partial charge in [-0.3, -0.25) is 0 Å². The van der Waals surface area contributed by atoms with Crippen LogP contribution < -0.4 is 5.32 Å².